The van der Waals surface area contributed by atoms with Crippen LogP contribution in [-0.4, -0.2) is 178 Å². The standard InChI is InChI=1S/C40H62FN7O7/c41-30-19-28-35-38(36(30)47-12-7-25(22-47)44-40(51)53-24-42-8-13-46-15-17-52-18-16-46)55-34-20-27-26-5-1-2-6-32(26)54-33(27)21-31(34)48(35)23-29(37(28)49)39(50)43-9-14-45-10-3-4-11-45/h23,25-28,30-36,38,42H,1-22,24H2,(H,43,50)(H,44,51)/t25-,26?,27?,28?,30?,31?,32?,33?,34?,35?,36?,38?/m1/s1. The largest absolute Gasteiger partial charge is 0.434 e. The number of halogens is 1. The molecule has 5 saturated heterocycles. The number of likely N-dealkylation sites (tertiary alicyclic amines) is 2. The van der Waals surface area contributed by atoms with Crippen LogP contribution in [0.2, 0.25) is 0 Å². The lowest BCUT2D eigenvalue weighted by atomic mass is 9.67. The van der Waals surface area contributed by atoms with E-state index in [1.165, 1.54) is 32.1 Å². The smallest absolute Gasteiger partial charge is 0.408 e. The number of nitrogens with one attached hydrogen (secondary N) is 3. The maximum absolute atomic E-state index is 16.8. The van der Waals surface area contributed by atoms with Gasteiger partial charge < -0.3 is 39.4 Å². The van der Waals surface area contributed by atoms with Crippen molar-refractivity contribution in [1.29, 1.82) is 0 Å². The summed E-state index contributed by atoms with van der Waals surface area (Å²) in [4.78, 5) is 49.7. The van der Waals surface area contributed by atoms with E-state index in [-0.39, 0.29) is 60.7 Å². The van der Waals surface area contributed by atoms with E-state index in [0.29, 0.717) is 50.5 Å². The zero-order valence-electron chi connectivity index (χ0n) is 32.3. The van der Waals surface area contributed by atoms with Gasteiger partial charge in [-0.3, -0.25) is 24.7 Å². The predicted octanol–water partition coefficient (Wildman–Crippen LogP) is 1.25. The molecule has 306 valence electrons. The van der Waals surface area contributed by atoms with Crippen molar-refractivity contribution in [1.82, 2.24) is 35.6 Å². The number of fused-ring (bicyclic) bond motifs is 5. The first-order valence-corrected chi connectivity index (χ1v) is 21.6. The second-order valence-corrected chi connectivity index (χ2v) is 17.7. The van der Waals surface area contributed by atoms with E-state index in [9.17, 15) is 14.4 Å². The van der Waals surface area contributed by atoms with E-state index in [2.05, 4.69) is 35.6 Å². The molecule has 0 aromatic rings. The normalized spacial score (nSPS) is 40.5. The Labute approximate surface area is 324 Å². The maximum atomic E-state index is 16.8. The van der Waals surface area contributed by atoms with E-state index < -0.39 is 30.3 Å². The number of hydrogen-bond donors (Lipinski definition) is 3. The van der Waals surface area contributed by atoms with Crippen molar-refractivity contribution in [2.45, 2.75) is 119 Å². The zero-order valence-corrected chi connectivity index (χ0v) is 32.3. The van der Waals surface area contributed by atoms with Gasteiger partial charge >= 0.3 is 6.09 Å². The van der Waals surface area contributed by atoms with Gasteiger partial charge in [-0.15, -0.1) is 0 Å². The fourth-order valence-corrected chi connectivity index (χ4v) is 11.9. The van der Waals surface area contributed by atoms with Crippen LogP contribution in [-0.2, 0) is 28.5 Å². The third-order valence-electron chi connectivity index (χ3n) is 14.5. The molecule has 0 aromatic heterocycles. The zero-order chi connectivity index (χ0) is 37.5. The molecule has 6 aliphatic heterocycles. The lowest BCUT2D eigenvalue weighted by Crippen LogP contribution is -2.73. The van der Waals surface area contributed by atoms with Gasteiger partial charge in [-0.05, 0) is 76.3 Å². The molecule has 0 radical (unpaired) electrons. The number of morpholine rings is 2. The molecular formula is C40H62FN7O7. The van der Waals surface area contributed by atoms with Crippen molar-refractivity contribution >= 4 is 17.8 Å². The minimum atomic E-state index is -1.32. The van der Waals surface area contributed by atoms with Crippen molar-refractivity contribution in [3.8, 4) is 0 Å². The van der Waals surface area contributed by atoms with Gasteiger partial charge in [0.15, 0.2) is 5.78 Å². The molecule has 6 heterocycles. The number of carbonyl (C=O) groups is 3. The first kappa shape index (κ1) is 38.1. The van der Waals surface area contributed by atoms with Gasteiger partial charge in [-0.2, -0.15) is 0 Å². The summed E-state index contributed by atoms with van der Waals surface area (Å²) in [5.74, 6) is -0.360. The summed E-state index contributed by atoms with van der Waals surface area (Å²) in [6.45, 7) is 9.42. The lowest BCUT2D eigenvalue weighted by molar-refractivity contribution is -0.220. The van der Waals surface area contributed by atoms with Crippen LogP contribution in [0.1, 0.15) is 64.2 Å². The Kier molecular flexibility index (Phi) is 11.7. The van der Waals surface area contributed by atoms with E-state index >= 15 is 4.39 Å². The number of Topliss-reactive ketones (excluding diaryl/α,β-unsaturated/α-hetero) is 1. The topological polar surface area (TPSA) is 137 Å². The Morgan fingerprint density at radius 1 is 0.836 bits per heavy atom. The Hall–Kier alpha value is -2.40. The highest BCUT2D eigenvalue weighted by atomic mass is 19.1. The van der Waals surface area contributed by atoms with Crippen LogP contribution < -0.4 is 16.0 Å². The molecule has 55 heavy (non-hydrogen) atoms. The summed E-state index contributed by atoms with van der Waals surface area (Å²) in [6.07, 6.45) is 9.18. The van der Waals surface area contributed by atoms with E-state index in [1.807, 2.05) is 6.20 Å². The number of rotatable bonds is 11. The molecule has 12 atom stereocenters. The van der Waals surface area contributed by atoms with Crippen LogP contribution in [0.3, 0.4) is 0 Å². The maximum Gasteiger partial charge on any atom is 0.408 e. The number of alkyl halides is 1. The Morgan fingerprint density at radius 2 is 1.64 bits per heavy atom. The van der Waals surface area contributed by atoms with Crippen LogP contribution in [0.5, 0.6) is 0 Å². The van der Waals surface area contributed by atoms with Crippen LogP contribution in [0.25, 0.3) is 0 Å². The van der Waals surface area contributed by atoms with Crippen LogP contribution >= 0.6 is 0 Å². The SMILES string of the molecule is O=C(N[C@@H]1CCN(C2C(F)CC3C(=O)C(C(=O)NCCN4CCCC4)=CN4C5CC6OC7CCCCC7C6CC5OC2C34)C1)OCNCCN1CCOCC1. The van der Waals surface area contributed by atoms with Gasteiger partial charge in [-0.25, -0.2) is 9.18 Å². The molecule has 9 rings (SSSR count). The summed E-state index contributed by atoms with van der Waals surface area (Å²) >= 11 is 0. The van der Waals surface area contributed by atoms with Crippen molar-refractivity contribution in [3.05, 3.63) is 11.8 Å². The molecule has 2 amide bonds. The number of hydrogen-bond acceptors (Lipinski definition) is 12. The first-order valence-electron chi connectivity index (χ1n) is 21.6. The molecule has 3 N–H and O–H groups in total. The summed E-state index contributed by atoms with van der Waals surface area (Å²) in [5, 5.41) is 9.21. The number of nitrogens with zero attached hydrogens (tertiary/aromatic N) is 4. The molecule has 0 spiro atoms. The second kappa shape index (κ2) is 16.8. The van der Waals surface area contributed by atoms with E-state index in [0.717, 1.165) is 71.7 Å². The minimum Gasteiger partial charge on any atom is -0.434 e. The Bertz CT molecular complexity index is 1430. The highest BCUT2D eigenvalue weighted by Crippen LogP contribution is 2.53. The fourth-order valence-electron chi connectivity index (χ4n) is 11.9. The molecule has 3 saturated carbocycles. The van der Waals surface area contributed by atoms with Crippen LogP contribution in [0.15, 0.2) is 11.8 Å². The van der Waals surface area contributed by atoms with Crippen molar-refractivity contribution < 1.29 is 37.7 Å². The summed E-state index contributed by atoms with van der Waals surface area (Å²) < 4.78 is 41.5. The monoisotopic (exact) mass is 771 g/mol. The van der Waals surface area contributed by atoms with Crippen molar-refractivity contribution in [2.24, 2.45) is 17.8 Å². The van der Waals surface area contributed by atoms with Gasteiger partial charge in [0.1, 0.15) is 12.9 Å². The predicted molar refractivity (Wildman–Crippen MR) is 200 cm³/mol. The highest BCUT2D eigenvalue weighted by molar-refractivity contribution is 6.20. The van der Waals surface area contributed by atoms with Gasteiger partial charge in [0.25, 0.3) is 5.91 Å². The summed E-state index contributed by atoms with van der Waals surface area (Å²) in [5.41, 5.74) is 0.149. The average molecular weight is 772 g/mol. The van der Waals surface area contributed by atoms with Gasteiger partial charge in [0.2, 0.25) is 0 Å². The van der Waals surface area contributed by atoms with Crippen LogP contribution in [0.4, 0.5) is 9.18 Å². The number of amides is 2. The third-order valence-corrected chi connectivity index (χ3v) is 14.5. The first-order chi connectivity index (χ1) is 26.9. The molecule has 0 aromatic carbocycles. The van der Waals surface area contributed by atoms with Crippen molar-refractivity contribution in [3.63, 3.8) is 0 Å². The van der Waals surface area contributed by atoms with Gasteiger partial charge in [0.05, 0.1) is 61.3 Å². The van der Waals surface area contributed by atoms with Crippen molar-refractivity contribution in [2.75, 3.05) is 85.4 Å². The molecule has 9 aliphatic rings. The van der Waals surface area contributed by atoms with Crippen LogP contribution in [0, 0.1) is 17.8 Å². The number of ketones is 1. The van der Waals surface area contributed by atoms with Gasteiger partial charge in [0, 0.05) is 70.5 Å². The van der Waals surface area contributed by atoms with E-state index in [1.54, 1.807) is 0 Å². The summed E-state index contributed by atoms with van der Waals surface area (Å²) in [7, 11) is 0. The highest BCUT2D eigenvalue weighted by Gasteiger charge is 2.62. The quantitative estimate of drug-likeness (QED) is 0.159. The average Bonchev–Trinajstić information content (AvgIpc) is 3.96. The molecule has 14 nitrogen and oxygen atoms in total. The number of carbonyl (C=O) groups excluding carboxylic acids is 3. The molecule has 3 aliphatic carbocycles. The van der Waals surface area contributed by atoms with Gasteiger partial charge in [-0.1, -0.05) is 12.8 Å². The third kappa shape index (κ3) is 7.92. The summed E-state index contributed by atoms with van der Waals surface area (Å²) in [6, 6.07) is -1.16. The Morgan fingerprint density at radius 3 is 2.49 bits per heavy atom. The van der Waals surface area contributed by atoms with E-state index in [4.69, 9.17) is 18.9 Å². The number of ether oxygens (including phenoxy) is 4. The molecule has 15 heteroatoms. The Balaban J connectivity index is 0.878. The fraction of sp³-hybridized carbons (Fsp3) is 0.875. The second-order valence-electron chi connectivity index (χ2n) is 17.7. The lowest BCUT2D eigenvalue weighted by Gasteiger charge is -2.61. The molecule has 0 bridgehead atoms. The number of alkyl carbamates (subject to hydrolysis) is 1. The molecule has 8 fully saturated rings. The molecule has 11 unspecified atom stereocenters. The minimum absolute atomic E-state index is 0.0414. The molecular weight excluding hydrogens is 709 g/mol.